The van der Waals surface area contributed by atoms with Crippen LogP contribution in [0, 0.1) is 0 Å². The maximum Gasteiger partial charge on any atom is 0.254 e. The van der Waals surface area contributed by atoms with E-state index in [4.69, 9.17) is 0 Å². The first-order chi connectivity index (χ1) is 13.2. The Balaban J connectivity index is 1.50. The molecule has 1 N–H and O–H groups in total. The number of sulfonamides is 1. The minimum Gasteiger partial charge on any atom is -0.333 e. The summed E-state index contributed by atoms with van der Waals surface area (Å²) in [6.45, 7) is 1.95. The number of fused-ring (bicyclic) bond motifs is 1. The van der Waals surface area contributed by atoms with Crippen molar-refractivity contribution in [1.29, 1.82) is 0 Å². The van der Waals surface area contributed by atoms with E-state index in [0.717, 1.165) is 17.4 Å². The van der Waals surface area contributed by atoms with Crippen molar-refractivity contribution in [2.24, 2.45) is 0 Å². The van der Waals surface area contributed by atoms with Gasteiger partial charge in [-0.2, -0.15) is 0 Å². The van der Waals surface area contributed by atoms with Crippen molar-refractivity contribution < 1.29 is 18.0 Å². The molecule has 0 saturated heterocycles. The highest BCUT2D eigenvalue weighted by atomic mass is 32.2. The molecule has 3 rings (SSSR count). The second kappa shape index (κ2) is 8.12. The van der Waals surface area contributed by atoms with Gasteiger partial charge in [0.15, 0.2) is 5.78 Å². The molecule has 1 aliphatic heterocycles. The zero-order valence-corrected chi connectivity index (χ0v) is 16.7. The maximum absolute atomic E-state index is 12.4. The standard InChI is InChI=1S/C20H23N3O4S/c1-22(11-12-23-13-16-5-3-4-6-18(16)20(23)25)14-19(24)15-7-9-17(10-8-15)21-28(2,26)27/h3-10,21H,11-14H2,1-2H3. The van der Waals surface area contributed by atoms with Crippen molar-refractivity contribution in [2.45, 2.75) is 6.54 Å². The fraction of sp³-hybridized carbons (Fsp3) is 0.300. The lowest BCUT2D eigenvalue weighted by Gasteiger charge is -2.21. The SMILES string of the molecule is CN(CCN1Cc2ccccc2C1=O)CC(=O)c1ccc(NS(C)(=O)=O)cc1. The molecule has 2 aromatic carbocycles. The van der Waals surface area contributed by atoms with E-state index in [1.807, 2.05) is 36.2 Å². The number of hydrogen-bond donors (Lipinski definition) is 1. The lowest BCUT2D eigenvalue weighted by Crippen LogP contribution is -2.35. The molecule has 0 unspecified atom stereocenters. The van der Waals surface area contributed by atoms with Gasteiger partial charge in [0.25, 0.3) is 5.91 Å². The number of likely N-dealkylation sites (N-methyl/N-ethyl adjacent to an activating group) is 1. The van der Waals surface area contributed by atoms with Gasteiger partial charge < -0.3 is 4.90 Å². The first-order valence-corrected chi connectivity index (χ1v) is 10.8. The third-order valence-electron chi connectivity index (χ3n) is 4.57. The van der Waals surface area contributed by atoms with Gasteiger partial charge in [-0.3, -0.25) is 19.2 Å². The number of ketones is 1. The largest absolute Gasteiger partial charge is 0.333 e. The summed E-state index contributed by atoms with van der Waals surface area (Å²) in [5.41, 5.74) is 2.72. The Bertz CT molecular complexity index is 987. The molecule has 0 fully saturated rings. The van der Waals surface area contributed by atoms with E-state index in [1.165, 1.54) is 0 Å². The average Bonchev–Trinajstić information content (AvgIpc) is 2.95. The van der Waals surface area contributed by atoms with Crippen LogP contribution in [0.2, 0.25) is 0 Å². The molecule has 28 heavy (non-hydrogen) atoms. The van der Waals surface area contributed by atoms with Crippen molar-refractivity contribution in [3.05, 3.63) is 65.2 Å². The highest BCUT2D eigenvalue weighted by molar-refractivity contribution is 7.92. The molecule has 1 heterocycles. The van der Waals surface area contributed by atoms with Crippen LogP contribution in [-0.2, 0) is 16.6 Å². The quantitative estimate of drug-likeness (QED) is 0.682. The highest BCUT2D eigenvalue weighted by Crippen LogP contribution is 2.21. The molecule has 0 radical (unpaired) electrons. The van der Waals surface area contributed by atoms with Crippen LogP contribution in [0.5, 0.6) is 0 Å². The molecular weight excluding hydrogens is 378 g/mol. The normalized spacial score (nSPS) is 13.7. The molecule has 0 bridgehead atoms. The van der Waals surface area contributed by atoms with E-state index in [2.05, 4.69) is 4.72 Å². The third-order valence-corrected chi connectivity index (χ3v) is 5.18. The summed E-state index contributed by atoms with van der Waals surface area (Å²) < 4.78 is 24.8. The Morgan fingerprint density at radius 1 is 1.14 bits per heavy atom. The number of amides is 1. The Morgan fingerprint density at radius 2 is 1.82 bits per heavy atom. The topological polar surface area (TPSA) is 86.8 Å². The first-order valence-electron chi connectivity index (χ1n) is 8.90. The van der Waals surface area contributed by atoms with Crippen molar-refractivity contribution in [3.8, 4) is 0 Å². The number of rotatable bonds is 8. The van der Waals surface area contributed by atoms with Crippen LogP contribution in [0.4, 0.5) is 5.69 Å². The summed E-state index contributed by atoms with van der Waals surface area (Å²) in [6, 6.07) is 13.9. The summed E-state index contributed by atoms with van der Waals surface area (Å²) in [5.74, 6) is -0.0336. The first kappa shape index (κ1) is 20.0. The fourth-order valence-electron chi connectivity index (χ4n) is 3.14. The summed E-state index contributed by atoms with van der Waals surface area (Å²) in [5, 5.41) is 0. The second-order valence-electron chi connectivity index (χ2n) is 7.00. The number of benzene rings is 2. The van der Waals surface area contributed by atoms with Gasteiger partial charge in [0.05, 0.1) is 12.8 Å². The summed E-state index contributed by atoms with van der Waals surface area (Å²) in [6.07, 6.45) is 1.07. The minimum atomic E-state index is -3.34. The molecule has 8 heteroatoms. The number of carbonyl (C=O) groups excluding carboxylic acids is 2. The summed E-state index contributed by atoms with van der Waals surface area (Å²) in [4.78, 5) is 28.5. The molecule has 1 amide bonds. The number of carbonyl (C=O) groups is 2. The molecule has 0 atom stereocenters. The minimum absolute atomic E-state index is 0.0318. The van der Waals surface area contributed by atoms with Crippen molar-refractivity contribution in [3.63, 3.8) is 0 Å². The van der Waals surface area contributed by atoms with Gasteiger partial charge >= 0.3 is 0 Å². The van der Waals surface area contributed by atoms with E-state index in [-0.39, 0.29) is 18.2 Å². The van der Waals surface area contributed by atoms with E-state index < -0.39 is 10.0 Å². The van der Waals surface area contributed by atoms with Crippen molar-refractivity contribution in [2.75, 3.05) is 37.7 Å². The van der Waals surface area contributed by atoms with Crippen molar-refractivity contribution in [1.82, 2.24) is 9.80 Å². The number of hydrogen-bond acceptors (Lipinski definition) is 5. The van der Waals surface area contributed by atoms with Crippen LogP contribution in [0.15, 0.2) is 48.5 Å². The zero-order valence-electron chi connectivity index (χ0n) is 15.9. The third kappa shape index (κ3) is 4.96. The molecule has 0 aromatic heterocycles. The number of nitrogens with one attached hydrogen (secondary N) is 1. The molecule has 2 aromatic rings. The van der Waals surface area contributed by atoms with E-state index in [1.54, 1.807) is 29.2 Å². The Morgan fingerprint density at radius 3 is 2.46 bits per heavy atom. The lowest BCUT2D eigenvalue weighted by atomic mass is 10.1. The number of nitrogens with zero attached hydrogens (tertiary/aromatic N) is 2. The molecular formula is C20H23N3O4S. The van der Waals surface area contributed by atoms with Crippen LogP contribution in [0.3, 0.4) is 0 Å². The van der Waals surface area contributed by atoms with Gasteiger partial charge in [-0.15, -0.1) is 0 Å². The van der Waals surface area contributed by atoms with Crippen LogP contribution in [-0.4, -0.2) is 62.8 Å². The van der Waals surface area contributed by atoms with Crippen LogP contribution >= 0.6 is 0 Å². The smallest absolute Gasteiger partial charge is 0.254 e. The van der Waals surface area contributed by atoms with Crippen molar-refractivity contribution >= 4 is 27.4 Å². The van der Waals surface area contributed by atoms with Gasteiger partial charge in [-0.25, -0.2) is 8.42 Å². The number of Topliss-reactive ketones (excluding diaryl/α,β-unsaturated/α-hetero) is 1. The van der Waals surface area contributed by atoms with Gasteiger partial charge in [0.1, 0.15) is 0 Å². The average molecular weight is 401 g/mol. The number of anilines is 1. The van der Waals surface area contributed by atoms with Crippen LogP contribution in [0.25, 0.3) is 0 Å². The van der Waals surface area contributed by atoms with Gasteiger partial charge in [-0.05, 0) is 42.9 Å². The Kier molecular flexibility index (Phi) is 5.81. The fourth-order valence-corrected chi connectivity index (χ4v) is 3.70. The molecule has 7 nitrogen and oxygen atoms in total. The molecule has 0 saturated carbocycles. The van der Waals surface area contributed by atoms with Gasteiger partial charge in [0.2, 0.25) is 10.0 Å². The summed E-state index contributed by atoms with van der Waals surface area (Å²) in [7, 11) is -1.51. The molecule has 148 valence electrons. The Hall–Kier alpha value is -2.71. The maximum atomic E-state index is 12.4. The molecule has 0 aliphatic carbocycles. The highest BCUT2D eigenvalue weighted by Gasteiger charge is 2.26. The zero-order chi connectivity index (χ0) is 20.3. The van der Waals surface area contributed by atoms with E-state index in [9.17, 15) is 18.0 Å². The lowest BCUT2D eigenvalue weighted by molar-refractivity contribution is 0.0761. The monoisotopic (exact) mass is 401 g/mol. The predicted octanol–water partition coefficient (Wildman–Crippen LogP) is 1.83. The van der Waals surface area contributed by atoms with Crippen LogP contribution < -0.4 is 4.72 Å². The van der Waals surface area contributed by atoms with Crippen LogP contribution in [0.1, 0.15) is 26.3 Å². The predicted molar refractivity (Wildman–Crippen MR) is 108 cm³/mol. The van der Waals surface area contributed by atoms with Gasteiger partial charge in [0, 0.05) is 36.4 Å². The Labute approximate surface area is 165 Å². The van der Waals surface area contributed by atoms with Gasteiger partial charge in [-0.1, -0.05) is 18.2 Å². The molecule has 1 aliphatic rings. The molecule has 0 spiro atoms. The van der Waals surface area contributed by atoms with E-state index >= 15 is 0 Å². The second-order valence-corrected chi connectivity index (χ2v) is 8.74. The van der Waals surface area contributed by atoms with E-state index in [0.29, 0.717) is 30.9 Å². The summed E-state index contributed by atoms with van der Waals surface area (Å²) >= 11 is 0.